The van der Waals surface area contributed by atoms with E-state index < -0.39 is 0 Å². The van der Waals surface area contributed by atoms with E-state index in [4.69, 9.17) is 0 Å². The highest BCUT2D eigenvalue weighted by molar-refractivity contribution is 9.09. The van der Waals surface area contributed by atoms with Crippen molar-refractivity contribution in [3.8, 4) is 0 Å². The Hall–Kier alpha value is -0.415. The summed E-state index contributed by atoms with van der Waals surface area (Å²) >= 11 is 6.92. The Morgan fingerprint density at radius 1 is 1.11 bits per heavy atom. The normalized spacial score (nSPS) is 12.7. The summed E-state index contributed by atoms with van der Waals surface area (Å²) in [4.78, 5) is 9.33. The van der Waals surface area contributed by atoms with Crippen LogP contribution in [0.1, 0.15) is 29.7 Å². The monoisotopic (exact) mass is 367 g/mol. The minimum Gasteiger partial charge on any atom is -0.248 e. The lowest BCUT2D eigenvalue weighted by atomic mass is 9.65. The van der Waals surface area contributed by atoms with Gasteiger partial charge in [0, 0.05) is 10.7 Å². The van der Waals surface area contributed by atoms with Crippen molar-refractivity contribution < 1.29 is 0 Å². The standard InChI is InChI=1S/C13H14BBr2N2/c1-8(14-2)9-3-4-10-11(5-9)18-13(7-16)12(6-15)17-10/h3-5,8H,6-7H2,1-2H3. The topological polar surface area (TPSA) is 25.8 Å². The summed E-state index contributed by atoms with van der Waals surface area (Å²) in [7, 11) is 2.19. The molecular weight excluding hydrogens is 355 g/mol. The van der Waals surface area contributed by atoms with E-state index >= 15 is 0 Å². The SMILES string of the molecule is C[B]C(C)c1ccc2nc(CBr)c(CBr)nc2c1. The van der Waals surface area contributed by atoms with Gasteiger partial charge in [0.25, 0.3) is 0 Å². The fraction of sp³-hybridized carbons (Fsp3) is 0.385. The molecular formula is C13H14BBr2N2. The molecule has 2 nitrogen and oxygen atoms in total. The molecule has 2 aromatic rings. The number of aromatic nitrogens is 2. The minimum atomic E-state index is 0.444. The number of rotatable bonds is 4. The summed E-state index contributed by atoms with van der Waals surface area (Å²) < 4.78 is 0. The minimum absolute atomic E-state index is 0.444. The van der Waals surface area contributed by atoms with Crippen LogP contribution in [0.15, 0.2) is 18.2 Å². The zero-order chi connectivity index (χ0) is 13.1. The molecule has 1 unspecified atom stereocenters. The van der Waals surface area contributed by atoms with Gasteiger partial charge in [-0.05, 0) is 17.9 Å². The number of benzene rings is 1. The van der Waals surface area contributed by atoms with Gasteiger partial charge in [0.15, 0.2) is 0 Å². The third-order valence-electron chi connectivity index (χ3n) is 3.12. The summed E-state index contributed by atoms with van der Waals surface area (Å²) in [6.07, 6.45) is 0. The zero-order valence-corrected chi connectivity index (χ0v) is 13.6. The van der Waals surface area contributed by atoms with Crippen LogP contribution >= 0.6 is 31.9 Å². The Bertz CT molecular complexity index is 560. The maximum absolute atomic E-state index is 4.69. The van der Waals surface area contributed by atoms with Crippen molar-refractivity contribution in [3.63, 3.8) is 0 Å². The number of hydrogen-bond donors (Lipinski definition) is 0. The van der Waals surface area contributed by atoms with Crippen LogP contribution in [0, 0.1) is 0 Å². The van der Waals surface area contributed by atoms with Crippen LogP contribution in [0.3, 0.4) is 0 Å². The van der Waals surface area contributed by atoms with Crippen LogP contribution in [0.4, 0.5) is 0 Å². The quantitative estimate of drug-likeness (QED) is 0.596. The highest BCUT2D eigenvalue weighted by atomic mass is 79.9. The molecule has 0 aliphatic carbocycles. The van der Waals surface area contributed by atoms with Gasteiger partial charge in [0.2, 0.25) is 0 Å². The molecule has 1 heterocycles. The molecule has 0 bridgehead atoms. The lowest BCUT2D eigenvalue weighted by Crippen LogP contribution is -2.02. The van der Waals surface area contributed by atoms with Crippen molar-refractivity contribution in [2.45, 2.75) is 30.2 Å². The molecule has 1 aromatic carbocycles. The van der Waals surface area contributed by atoms with E-state index in [0.717, 1.165) is 33.1 Å². The molecule has 0 spiro atoms. The van der Waals surface area contributed by atoms with Crippen LogP contribution in [0.2, 0.25) is 6.82 Å². The fourth-order valence-corrected chi connectivity index (χ4v) is 2.73. The molecule has 18 heavy (non-hydrogen) atoms. The van der Waals surface area contributed by atoms with Crippen LogP contribution in [-0.2, 0) is 10.7 Å². The van der Waals surface area contributed by atoms with Gasteiger partial charge in [0.05, 0.1) is 22.4 Å². The maximum atomic E-state index is 4.69. The van der Waals surface area contributed by atoms with Gasteiger partial charge in [0.1, 0.15) is 7.28 Å². The van der Waals surface area contributed by atoms with E-state index in [-0.39, 0.29) is 0 Å². The molecule has 93 valence electrons. The van der Waals surface area contributed by atoms with Crippen LogP contribution in [-0.4, -0.2) is 17.2 Å². The van der Waals surface area contributed by atoms with Gasteiger partial charge in [-0.2, -0.15) is 0 Å². The summed E-state index contributed by atoms with van der Waals surface area (Å²) in [5.74, 6) is 0.444. The summed E-state index contributed by atoms with van der Waals surface area (Å²) in [5, 5.41) is 1.47. The second-order valence-corrected chi connectivity index (χ2v) is 5.38. The highest BCUT2D eigenvalue weighted by Crippen LogP contribution is 2.21. The van der Waals surface area contributed by atoms with E-state index in [0.29, 0.717) is 5.82 Å². The number of halogens is 2. The molecule has 1 atom stereocenters. The Balaban J connectivity index is 2.56. The van der Waals surface area contributed by atoms with E-state index in [1.54, 1.807) is 0 Å². The lowest BCUT2D eigenvalue weighted by molar-refractivity contribution is 1.05. The first-order valence-electron chi connectivity index (χ1n) is 5.90. The third-order valence-corrected chi connectivity index (χ3v) is 4.18. The molecule has 0 amide bonds. The lowest BCUT2D eigenvalue weighted by Gasteiger charge is -2.10. The summed E-state index contributed by atoms with van der Waals surface area (Å²) in [5.41, 5.74) is 5.22. The van der Waals surface area contributed by atoms with Crippen molar-refractivity contribution in [1.82, 2.24) is 9.97 Å². The Morgan fingerprint density at radius 3 is 2.28 bits per heavy atom. The Labute approximate surface area is 125 Å². The second-order valence-electron chi connectivity index (χ2n) is 4.25. The molecule has 5 heteroatoms. The summed E-state index contributed by atoms with van der Waals surface area (Å²) in [6.45, 7) is 4.27. The molecule has 0 aliphatic rings. The average Bonchev–Trinajstić information content (AvgIpc) is 2.44. The summed E-state index contributed by atoms with van der Waals surface area (Å²) in [6, 6.07) is 6.33. The number of fused-ring (bicyclic) bond motifs is 1. The first-order chi connectivity index (χ1) is 8.69. The number of nitrogens with zero attached hydrogens (tertiary/aromatic N) is 2. The smallest absolute Gasteiger partial charge is 0.115 e. The van der Waals surface area contributed by atoms with Crippen LogP contribution in [0.5, 0.6) is 0 Å². The fourth-order valence-electron chi connectivity index (χ4n) is 1.83. The van der Waals surface area contributed by atoms with Gasteiger partial charge in [-0.1, -0.05) is 57.2 Å². The molecule has 1 aromatic heterocycles. The molecule has 0 saturated heterocycles. The molecule has 0 aliphatic heterocycles. The predicted molar refractivity (Wildman–Crippen MR) is 84.8 cm³/mol. The molecule has 0 fully saturated rings. The van der Waals surface area contributed by atoms with Crippen molar-refractivity contribution in [1.29, 1.82) is 0 Å². The van der Waals surface area contributed by atoms with Crippen LogP contribution in [0.25, 0.3) is 11.0 Å². The van der Waals surface area contributed by atoms with Crippen molar-refractivity contribution in [3.05, 3.63) is 35.2 Å². The Morgan fingerprint density at radius 2 is 1.72 bits per heavy atom. The zero-order valence-electron chi connectivity index (χ0n) is 10.5. The molecule has 0 N–H and O–H groups in total. The average molecular weight is 369 g/mol. The molecule has 1 radical (unpaired) electrons. The highest BCUT2D eigenvalue weighted by Gasteiger charge is 2.09. The van der Waals surface area contributed by atoms with E-state index in [9.17, 15) is 0 Å². The van der Waals surface area contributed by atoms with Gasteiger partial charge in [-0.15, -0.1) is 0 Å². The largest absolute Gasteiger partial charge is 0.248 e. The van der Waals surface area contributed by atoms with Gasteiger partial charge in [-0.3, -0.25) is 0 Å². The number of hydrogen-bond acceptors (Lipinski definition) is 2. The Kier molecular flexibility index (Phi) is 4.79. The molecule has 0 saturated carbocycles. The van der Waals surface area contributed by atoms with E-state index in [1.165, 1.54) is 5.56 Å². The second kappa shape index (κ2) is 6.15. The molecule has 2 rings (SSSR count). The van der Waals surface area contributed by atoms with Crippen LogP contribution < -0.4 is 0 Å². The van der Waals surface area contributed by atoms with Crippen molar-refractivity contribution in [2.24, 2.45) is 0 Å². The predicted octanol–water partition coefficient (Wildman–Crippen LogP) is 4.23. The van der Waals surface area contributed by atoms with Gasteiger partial charge >= 0.3 is 0 Å². The number of alkyl halides is 2. The van der Waals surface area contributed by atoms with Crippen molar-refractivity contribution >= 4 is 50.2 Å². The van der Waals surface area contributed by atoms with Gasteiger partial charge < -0.3 is 0 Å². The van der Waals surface area contributed by atoms with Gasteiger partial charge in [-0.25, -0.2) is 9.97 Å². The third kappa shape index (κ3) is 2.77. The van der Waals surface area contributed by atoms with E-state index in [1.807, 2.05) is 0 Å². The van der Waals surface area contributed by atoms with Crippen molar-refractivity contribution in [2.75, 3.05) is 0 Å². The first kappa shape index (κ1) is 14.0. The first-order valence-corrected chi connectivity index (χ1v) is 8.14. The van der Waals surface area contributed by atoms with E-state index in [2.05, 4.69) is 81.1 Å². The maximum Gasteiger partial charge on any atom is 0.115 e.